The topological polar surface area (TPSA) is 41.3 Å². The molecule has 0 bridgehead atoms. The lowest BCUT2D eigenvalue weighted by molar-refractivity contribution is 0.245. The first kappa shape index (κ1) is 16.5. The van der Waals surface area contributed by atoms with Crippen molar-refractivity contribution in [1.82, 2.24) is 10.2 Å². The summed E-state index contributed by atoms with van der Waals surface area (Å²) in [7, 11) is 0. The standard InChI is InChI=1S/C18H31N3/c1-3-12-21-13-7-10-18(15-19,11-14-21)20-16(2)17-8-5-4-6-9-17/h4-6,8-9,16,20H,3,7,10-15,19H2,1-2H3. The fourth-order valence-corrected chi connectivity index (χ4v) is 3.48. The molecule has 0 aliphatic carbocycles. The van der Waals surface area contributed by atoms with Crippen molar-refractivity contribution in [2.24, 2.45) is 5.73 Å². The maximum atomic E-state index is 6.17. The maximum Gasteiger partial charge on any atom is 0.0322 e. The second-order valence-corrected chi connectivity index (χ2v) is 6.46. The van der Waals surface area contributed by atoms with Gasteiger partial charge in [-0.2, -0.15) is 0 Å². The molecular formula is C18H31N3. The largest absolute Gasteiger partial charge is 0.329 e. The third kappa shape index (κ3) is 4.53. The van der Waals surface area contributed by atoms with Crippen molar-refractivity contribution in [2.75, 3.05) is 26.2 Å². The van der Waals surface area contributed by atoms with Crippen LogP contribution in [0.1, 0.15) is 51.1 Å². The van der Waals surface area contributed by atoms with Gasteiger partial charge in [0.05, 0.1) is 0 Å². The highest BCUT2D eigenvalue weighted by molar-refractivity contribution is 5.19. The van der Waals surface area contributed by atoms with Crippen LogP contribution < -0.4 is 11.1 Å². The van der Waals surface area contributed by atoms with Crippen LogP contribution in [0.25, 0.3) is 0 Å². The third-order valence-electron chi connectivity index (χ3n) is 4.79. The minimum absolute atomic E-state index is 0.0950. The Kier molecular flexibility index (Phi) is 6.22. The Labute approximate surface area is 129 Å². The van der Waals surface area contributed by atoms with Crippen molar-refractivity contribution in [1.29, 1.82) is 0 Å². The summed E-state index contributed by atoms with van der Waals surface area (Å²) in [5.74, 6) is 0. The molecule has 3 N–H and O–H groups in total. The molecule has 2 atom stereocenters. The molecule has 1 fully saturated rings. The first-order valence-corrected chi connectivity index (χ1v) is 8.44. The molecule has 1 aliphatic heterocycles. The van der Waals surface area contributed by atoms with Crippen LogP contribution in [0.15, 0.2) is 30.3 Å². The van der Waals surface area contributed by atoms with Gasteiger partial charge in [0.15, 0.2) is 0 Å². The molecule has 0 radical (unpaired) electrons. The molecule has 0 spiro atoms. The van der Waals surface area contributed by atoms with E-state index in [1.165, 1.54) is 44.5 Å². The summed E-state index contributed by atoms with van der Waals surface area (Å²) in [6.45, 7) is 8.84. The number of hydrogen-bond donors (Lipinski definition) is 2. The quantitative estimate of drug-likeness (QED) is 0.846. The van der Waals surface area contributed by atoms with Gasteiger partial charge in [-0.1, -0.05) is 37.3 Å². The fraction of sp³-hybridized carbons (Fsp3) is 0.667. The minimum Gasteiger partial charge on any atom is -0.329 e. The van der Waals surface area contributed by atoms with Crippen LogP contribution in [0, 0.1) is 0 Å². The first-order valence-electron chi connectivity index (χ1n) is 8.44. The molecule has 1 aromatic rings. The first-order chi connectivity index (χ1) is 10.2. The lowest BCUT2D eigenvalue weighted by atomic mass is 9.89. The highest BCUT2D eigenvalue weighted by Gasteiger charge is 2.32. The second-order valence-electron chi connectivity index (χ2n) is 6.46. The molecule has 3 heteroatoms. The van der Waals surface area contributed by atoms with Crippen molar-refractivity contribution in [3.63, 3.8) is 0 Å². The molecule has 1 aliphatic rings. The predicted molar refractivity (Wildman–Crippen MR) is 90.4 cm³/mol. The molecule has 3 nitrogen and oxygen atoms in total. The summed E-state index contributed by atoms with van der Waals surface area (Å²) < 4.78 is 0. The molecule has 1 saturated heterocycles. The van der Waals surface area contributed by atoms with Crippen LogP contribution in [-0.2, 0) is 0 Å². The van der Waals surface area contributed by atoms with Gasteiger partial charge in [0.1, 0.15) is 0 Å². The zero-order valence-electron chi connectivity index (χ0n) is 13.6. The summed E-state index contributed by atoms with van der Waals surface area (Å²) in [5, 5.41) is 3.85. The molecule has 118 valence electrons. The van der Waals surface area contributed by atoms with Crippen molar-refractivity contribution >= 4 is 0 Å². The van der Waals surface area contributed by atoms with E-state index in [0.29, 0.717) is 6.04 Å². The lowest BCUT2D eigenvalue weighted by Gasteiger charge is -2.36. The van der Waals surface area contributed by atoms with Gasteiger partial charge in [0, 0.05) is 18.1 Å². The number of nitrogens with zero attached hydrogens (tertiary/aromatic N) is 1. The average molecular weight is 289 g/mol. The van der Waals surface area contributed by atoms with Crippen LogP contribution in [0.4, 0.5) is 0 Å². The Morgan fingerprint density at radius 2 is 2.00 bits per heavy atom. The van der Waals surface area contributed by atoms with Crippen molar-refractivity contribution in [2.45, 2.75) is 51.1 Å². The van der Waals surface area contributed by atoms with Crippen molar-refractivity contribution < 1.29 is 0 Å². The van der Waals surface area contributed by atoms with E-state index < -0.39 is 0 Å². The van der Waals surface area contributed by atoms with E-state index in [1.807, 2.05) is 0 Å². The fourth-order valence-electron chi connectivity index (χ4n) is 3.48. The number of likely N-dealkylation sites (tertiary alicyclic amines) is 1. The molecular weight excluding hydrogens is 258 g/mol. The minimum atomic E-state index is 0.0950. The highest BCUT2D eigenvalue weighted by atomic mass is 15.1. The summed E-state index contributed by atoms with van der Waals surface area (Å²) >= 11 is 0. The summed E-state index contributed by atoms with van der Waals surface area (Å²) in [4.78, 5) is 2.59. The van der Waals surface area contributed by atoms with E-state index in [2.05, 4.69) is 54.4 Å². The van der Waals surface area contributed by atoms with E-state index in [9.17, 15) is 0 Å². The van der Waals surface area contributed by atoms with E-state index in [-0.39, 0.29) is 5.54 Å². The zero-order chi connectivity index (χ0) is 15.1. The predicted octanol–water partition coefficient (Wildman–Crippen LogP) is 2.93. The number of nitrogens with two attached hydrogens (primary N) is 1. The molecule has 1 heterocycles. The Morgan fingerprint density at radius 1 is 1.24 bits per heavy atom. The Balaban J connectivity index is 2.00. The van der Waals surface area contributed by atoms with E-state index in [0.717, 1.165) is 13.0 Å². The highest BCUT2D eigenvalue weighted by Crippen LogP contribution is 2.25. The van der Waals surface area contributed by atoms with Gasteiger partial charge in [-0.05, 0) is 57.8 Å². The van der Waals surface area contributed by atoms with Crippen molar-refractivity contribution in [3.05, 3.63) is 35.9 Å². The molecule has 0 saturated carbocycles. The van der Waals surface area contributed by atoms with E-state index >= 15 is 0 Å². The molecule has 2 unspecified atom stereocenters. The van der Waals surface area contributed by atoms with E-state index in [4.69, 9.17) is 5.73 Å². The second kappa shape index (κ2) is 7.92. The lowest BCUT2D eigenvalue weighted by Crippen LogP contribution is -2.52. The average Bonchev–Trinajstić information content (AvgIpc) is 2.72. The number of benzene rings is 1. The van der Waals surface area contributed by atoms with Gasteiger partial charge in [-0.25, -0.2) is 0 Å². The normalized spacial score (nSPS) is 25.5. The van der Waals surface area contributed by atoms with Gasteiger partial charge in [-0.3, -0.25) is 0 Å². The third-order valence-corrected chi connectivity index (χ3v) is 4.79. The van der Waals surface area contributed by atoms with Crippen LogP contribution in [-0.4, -0.2) is 36.6 Å². The number of hydrogen-bond acceptors (Lipinski definition) is 3. The van der Waals surface area contributed by atoms with Gasteiger partial charge >= 0.3 is 0 Å². The zero-order valence-corrected chi connectivity index (χ0v) is 13.6. The smallest absolute Gasteiger partial charge is 0.0322 e. The molecule has 0 aromatic heterocycles. The SMILES string of the molecule is CCCN1CCCC(CN)(NC(C)c2ccccc2)CC1. The van der Waals surface area contributed by atoms with Crippen LogP contribution in [0.5, 0.6) is 0 Å². The van der Waals surface area contributed by atoms with Gasteiger partial charge in [-0.15, -0.1) is 0 Å². The molecule has 21 heavy (non-hydrogen) atoms. The summed E-state index contributed by atoms with van der Waals surface area (Å²) in [6.07, 6.45) is 4.82. The Bertz CT molecular complexity index is 406. The summed E-state index contributed by atoms with van der Waals surface area (Å²) in [6, 6.07) is 11.0. The van der Waals surface area contributed by atoms with E-state index in [1.54, 1.807) is 0 Å². The van der Waals surface area contributed by atoms with Gasteiger partial charge < -0.3 is 16.0 Å². The molecule has 2 rings (SSSR count). The maximum absolute atomic E-state index is 6.17. The Hall–Kier alpha value is -0.900. The summed E-state index contributed by atoms with van der Waals surface area (Å²) in [5.41, 5.74) is 7.61. The van der Waals surface area contributed by atoms with Gasteiger partial charge in [0.2, 0.25) is 0 Å². The number of rotatable bonds is 6. The van der Waals surface area contributed by atoms with Crippen LogP contribution in [0.2, 0.25) is 0 Å². The number of nitrogens with one attached hydrogen (secondary N) is 1. The van der Waals surface area contributed by atoms with Gasteiger partial charge in [0.25, 0.3) is 0 Å². The molecule has 1 aromatic carbocycles. The van der Waals surface area contributed by atoms with Crippen LogP contribution >= 0.6 is 0 Å². The monoisotopic (exact) mass is 289 g/mol. The molecule has 0 amide bonds. The van der Waals surface area contributed by atoms with Crippen molar-refractivity contribution in [3.8, 4) is 0 Å². The Morgan fingerprint density at radius 3 is 2.67 bits per heavy atom. The van der Waals surface area contributed by atoms with Crippen LogP contribution in [0.3, 0.4) is 0 Å².